The Labute approximate surface area is 128 Å². The summed E-state index contributed by atoms with van der Waals surface area (Å²) in [5.41, 5.74) is 7.10. The topological polar surface area (TPSA) is 57.0 Å². The highest BCUT2D eigenvalue weighted by Crippen LogP contribution is 2.39. The Bertz CT molecular complexity index is 438. The lowest BCUT2D eigenvalue weighted by atomic mass is 9.83. The predicted molar refractivity (Wildman–Crippen MR) is 85.5 cm³/mol. The Kier molecular flexibility index (Phi) is 6.30. The van der Waals surface area contributed by atoms with Crippen LogP contribution in [0, 0.1) is 5.41 Å². The van der Waals surface area contributed by atoms with Gasteiger partial charge in [-0.3, -0.25) is 0 Å². The molecule has 21 heavy (non-hydrogen) atoms. The van der Waals surface area contributed by atoms with Crippen LogP contribution in [0.3, 0.4) is 0 Å². The molecule has 120 valence electrons. The maximum absolute atomic E-state index is 5.99. The van der Waals surface area contributed by atoms with Gasteiger partial charge in [0, 0.05) is 6.54 Å². The molecule has 5 nitrogen and oxygen atoms in total. The fraction of sp³-hybridized carbons (Fsp3) is 0.625. The number of nitrogens with zero attached hydrogens (tertiary/aromatic N) is 1. The zero-order valence-electron chi connectivity index (χ0n) is 14.0. The minimum absolute atomic E-state index is 0.00584. The van der Waals surface area contributed by atoms with Crippen LogP contribution >= 0.6 is 0 Å². The summed E-state index contributed by atoms with van der Waals surface area (Å²) < 4.78 is 16.2. The molecule has 0 spiro atoms. The molecule has 0 bridgehead atoms. The Morgan fingerprint density at radius 2 is 1.57 bits per heavy atom. The second kappa shape index (κ2) is 7.52. The first-order chi connectivity index (χ1) is 9.88. The minimum atomic E-state index is -0.00584. The van der Waals surface area contributed by atoms with Crippen molar-refractivity contribution in [3.63, 3.8) is 0 Å². The lowest BCUT2D eigenvalue weighted by Gasteiger charge is -2.31. The summed E-state index contributed by atoms with van der Waals surface area (Å²) in [5.74, 6) is 1.97. The summed E-state index contributed by atoms with van der Waals surface area (Å²) in [6.07, 6.45) is 0.846. The Hall–Kier alpha value is -1.46. The van der Waals surface area contributed by atoms with E-state index in [4.69, 9.17) is 19.9 Å². The predicted octanol–water partition coefficient (Wildman–Crippen LogP) is 1.78. The van der Waals surface area contributed by atoms with E-state index < -0.39 is 0 Å². The molecule has 1 atom stereocenters. The van der Waals surface area contributed by atoms with E-state index in [1.54, 1.807) is 21.3 Å². The summed E-state index contributed by atoms with van der Waals surface area (Å²) >= 11 is 0. The molecule has 0 heterocycles. The van der Waals surface area contributed by atoms with Gasteiger partial charge in [-0.2, -0.15) is 0 Å². The molecular weight excluding hydrogens is 268 g/mol. The number of methoxy groups -OCH3 is 3. The van der Waals surface area contributed by atoms with Crippen molar-refractivity contribution >= 4 is 0 Å². The van der Waals surface area contributed by atoms with Crippen molar-refractivity contribution in [2.24, 2.45) is 11.1 Å². The monoisotopic (exact) mass is 296 g/mol. The van der Waals surface area contributed by atoms with Crippen LogP contribution in [-0.4, -0.2) is 53.4 Å². The Morgan fingerprint density at radius 1 is 1.05 bits per heavy atom. The quantitative estimate of drug-likeness (QED) is 0.792. The van der Waals surface area contributed by atoms with E-state index in [0.717, 1.165) is 18.5 Å². The van der Waals surface area contributed by atoms with Crippen molar-refractivity contribution in [2.45, 2.75) is 13.3 Å². The number of nitrogens with two attached hydrogens (primary N) is 1. The van der Waals surface area contributed by atoms with E-state index in [-0.39, 0.29) is 5.41 Å². The molecule has 0 radical (unpaired) electrons. The van der Waals surface area contributed by atoms with Crippen LogP contribution in [0.1, 0.15) is 12.5 Å². The second-order valence-corrected chi connectivity index (χ2v) is 5.96. The Balaban J connectivity index is 3.13. The highest BCUT2D eigenvalue weighted by atomic mass is 16.5. The third-order valence-corrected chi connectivity index (χ3v) is 3.55. The van der Waals surface area contributed by atoms with Crippen molar-refractivity contribution in [1.82, 2.24) is 4.90 Å². The average molecular weight is 296 g/mol. The van der Waals surface area contributed by atoms with Gasteiger partial charge in [0.2, 0.25) is 5.75 Å². The molecule has 0 amide bonds. The summed E-state index contributed by atoms with van der Waals surface area (Å²) in [4.78, 5) is 2.16. The average Bonchev–Trinajstić information content (AvgIpc) is 2.45. The van der Waals surface area contributed by atoms with Gasteiger partial charge in [0.05, 0.1) is 21.3 Å². The molecule has 0 fully saturated rings. The number of ether oxygens (including phenoxy) is 3. The first-order valence-corrected chi connectivity index (χ1v) is 7.02. The van der Waals surface area contributed by atoms with E-state index in [1.165, 1.54) is 0 Å². The van der Waals surface area contributed by atoms with Gasteiger partial charge in [0.15, 0.2) is 11.5 Å². The van der Waals surface area contributed by atoms with E-state index in [9.17, 15) is 0 Å². The second-order valence-electron chi connectivity index (χ2n) is 5.96. The normalized spacial score (nSPS) is 13.9. The zero-order chi connectivity index (χ0) is 16.0. The molecule has 2 N–H and O–H groups in total. The number of hydrogen-bond donors (Lipinski definition) is 1. The van der Waals surface area contributed by atoms with E-state index in [0.29, 0.717) is 23.8 Å². The van der Waals surface area contributed by atoms with Gasteiger partial charge in [-0.05, 0) is 50.2 Å². The van der Waals surface area contributed by atoms with E-state index in [1.807, 2.05) is 12.1 Å². The first-order valence-electron chi connectivity index (χ1n) is 7.02. The minimum Gasteiger partial charge on any atom is -0.493 e. The molecule has 5 heteroatoms. The lowest BCUT2D eigenvalue weighted by Crippen LogP contribution is -2.39. The van der Waals surface area contributed by atoms with Gasteiger partial charge in [0.25, 0.3) is 0 Å². The van der Waals surface area contributed by atoms with Crippen molar-refractivity contribution in [3.05, 3.63) is 17.7 Å². The van der Waals surface area contributed by atoms with Crippen molar-refractivity contribution in [3.8, 4) is 17.2 Å². The molecule has 1 aromatic carbocycles. The number of rotatable bonds is 8. The van der Waals surface area contributed by atoms with Crippen LogP contribution in [0.15, 0.2) is 12.1 Å². The van der Waals surface area contributed by atoms with Gasteiger partial charge in [0.1, 0.15) is 0 Å². The maximum atomic E-state index is 5.99. The van der Waals surface area contributed by atoms with E-state index >= 15 is 0 Å². The zero-order valence-corrected chi connectivity index (χ0v) is 14.0. The van der Waals surface area contributed by atoms with Gasteiger partial charge >= 0.3 is 0 Å². The summed E-state index contributed by atoms with van der Waals surface area (Å²) in [7, 11) is 8.98. The molecule has 0 aliphatic rings. The van der Waals surface area contributed by atoms with Crippen LogP contribution in [0.4, 0.5) is 0 Å². The fourth-order valence-corrected chi connectivity index (χ4v) is 2.69. The molecule has 1 unspecified atom stereocenters. The van der Waals surface area contributed by atoms with Gasteiger partial charge in [-0.25, -0.2) is 0 Å². The number of hydrogen-bond acceptors (Lipinski definition) is 5. The fourth-order valence-electron chi connectivity index (χ4n) is 2.69. The summed E-state index contributed by atoms with van der Waals surface area (Å²) in [5, 5.41) is 0. The van der Waals surface area contributed by atoms with E-state index in [2.05, 4.69) is 25.9 Å². The standard InChI is InChI=1S/C16H28N2O3/c1-16(10-17,11-18(2)3)9-12-7-13(19-4)15(21-6)14(8-12)20-5/h7-8H,9-11,17H2,1-6H3. The van der Waals surface area contributed by atoms with Gasteiger partial charge in [-0.1, -0.05) is 6.92 Å². The van der Waals surface area contributed by atoms with Crippen LogP contribution < -0.4 is 19.9 Å². The van der Waals surface area contributed by atoms with Crippen LogP contribution in [0.25, 0.3) is 0 Å². The third kappa shape index (κ3) is 4.51. The Morgan fingerprint density at radius 3 is 1.90 bits per heavy atom. The first kappa shape index (κ1) is 17.6. The smallest absolute Gasteiger partial charge is 0.203 e. The van der Waals surface area contributed by atoms with Gasteiger partial charge < -0.3 is 24.8 Å². The highest BCUT2D eigenvalue weighted by molar-refractivity contribution is 5.54. The van der Waals surface area contributed by atoms with Gasteiger partial charge in [-0.15, -0.1) is 0 Å². The third-order valence-electron chi connectivity index (χ3n) is 3.55. The molecular formula is C16H28N2O3. The molecule has 0 aliphatic carbocycles. The van der Waals surface area contributed by atoms with Crippen LogP contribution in [0.2, 0.25) is 0 Å². The molecule has 0 saturated carbocycles. The number of benzene rings is 1. The summed E-state index contributed by atoms with van der Waals surface area (Å²) in [6.45, 7) is 3.72. The van der Waals surface area contributed by atoms with Crippen molar-refractivity contribution < 1.29 is 14.2 Å². The maximum Gasteiger partial charge on any atom is 0.203 e. The SMILES string of the molecule is COc1cc(CC(C)(CN)CN(C)C)cc(OC)c1OC. The van der Waals surface area contributed by atoms with Crippen LogP contribution in [-0.2, 0) is 6.42 Å². The molecule has 1 rings (SSSR count). The highest BCUT2D eigenvalue weighted by Gasteiger charge is 2.25. The van der Waals surface area contributed by atoms with Crippen molar-refractivity contribution in [1.29, 1.82) is 0 Å². The molecule has 1 aromatic rings. The lowest BCUT2D eigenvalue weighted by molar-refractivity contribution is 0.224. The summed E-state index contributed by atoms with van der Waals surface area (Å²) in [6, 6.07) is 3.98. The molecule has 0 aromatic heterocycles. The molecule has 0 aliphatic heterocycles. The largest absolute Gasteiger partial charge is 0.493 e. The molecule has 0 saturated heterocycles. The van der Waals surface area contributed by atoms with Crippen molar-refractivity contribution in [2.75, 3.05) is 48.5 Å². The van der Waals surface area contributed by atoms with Crippen LogP contribution in [0.5, 0.6) is 17.2 Å².